The van der Waals surface area contributed by atoms with Gasteiger partial charge in [-0.2, -0.15) is 0 Å². The predicted molar refractivity (Wildman–Crippen MR) is 87.7 cm³/mol. The normalized spacial score (nSPS) is 20.9. The second-order valence-corrected chi connectivity index (χ2v) is 6.01. The molecule has 2 heteroatoms. The van der Waals surface area contributed by atoms with E-state index in [1.54, 1.807) is 7.11 Å². The minimum absolute atomic E-state index is 0.578. The van der Waals surface area contributed by atoms with Crippen LogP contribution in [0.5, 0.6) is 0 Å². The van der Waals surface area contributed by atoms with Crippen LogP contribution in [0.1, 0.15) is 35.4 Å². The van der Waals surface area contributed by atoms with E-state index in [1.807, 2.05) is 0 Å². The van der Waals surface area contributed by atoms with Crippen LogP contribution in [0.4, 0.5) is 5.69 Å². The van der Waals surface area contributed by atoms with Crippen molar-refractivity contribution in [2.24, 2.45) is 0 Å². The molecule has 0 amide bonds. The molecule has 0 saturated heterocycles. The van der Waals surface area contributed by atoms with Crippen LogP contribution >= 0.6 is 0 Å². The minimum atomic E-state index is 0.578. The number of ether oxygens (including phenoxy) is 1. The van der Waals surface area contributed by atoms with E-state index in [0.717, 1.165) is 0 Å². The summed E-state index contributed by atoms with van der Waals surface area (Å²) < 4.78 is 5.26. The Kier molecular flexibility index (Phi) is 4.26. The highest BCUT2D eigenvalue weighted by molar-refractivity contribution is 5.52. The van der Waals surface area contributed by atoms with E-state index in [4.69, 9.17) is 4.74 Å². The van der Waals surface area contributed by atoms with Crippen LogP contribution in [0.2, 0.25) is 0 Å². The Morgan fingerprint density at radius 2 is 1.76 bits per heavy atom. The Morgan fingerprint density at radius 1 is 1.05 bits per heavy atom. The zero-order chi connectivity index (χ0) is 14.7. The van der Waals surface area contributed by atoms with Crippen molar-refractivity contribution in [2.45, 2.75) is 38.3 Å². The molecule has 1 saturated carbocycles. The minimum Gasteiger partial charge on any atom is -0.382 e. The van der Waals surface area contributed by atoms with Crippen molar-refractivity contribution in [3.05, 3.63) is 65.2 Å². The van der Waals surface area contributed by atoms with Gasteiger partial charge in [0.25, 0.3) is 0 Å². The smallest absolute Gasteiger partial charge is 0.0733 e. The zero-order valence-electron chi connectivity index (χ0n) is 12.8. The quantitative estimate of drug-likeness (QED) is 0.871. The third kappa shape index (κ3) is 3.27. The van der Waals surface area contributed by atoms with Gasteiger partial charge in [-0.05, 0) is 37.3 Å². The van der Waals surface area contributed by atoms with Crippen molar-refractivity contribution >= 4 is 5.69 Å². The molecule has 2 nitrogen and oxygen atoms in total. The maximum Gasteiger partial charge on any atom is 0.0733 e. The largest absolute Gasteiger partial charge is 0.382 e. The van der Waals surface area contributed by atoms with Gasteiger partial charge in [-0.1, -0.05) is 48.0 Å². The number of methoxy groups -OCH3 is 1. The third-order valence-electron chi connectivity index (χ3n) is 4.36. The Hall–Kier alpha value is -1.80. The highest BCUT2D eigenvalue weighted by Gasteiger charge is 2.30. The van der Waals surface area contributed by atoms with E-state index < -0.39 is 0 Å². The lowest BCUT2D eigenvalue weighted by Crippen LogP contribution is -2.34. The fourth-order valence-corrected chi connectivity index (χ4v) is 3.01. The number of hydrogen-bond donors (Lipinski definition) is 1. The van der Waals surface area contributed by atoms with Crippen molar-refractivity contribution in [3.8, 4) is 0 Å². The molecular formula is C19H23NO. The average Bonchev–Trinajstić information content (AvgIpc) is 2.46. The maximum absolute atomic E-state index is 5.26. The van der Waals surface area contributed by atoms with Gasteiger partial charge in [-0.3, -0.25) is 0 Å². The van der Waals surface area contributed by atoms with Gasteiger partial charge < -0.3 is 10.1 Å². The van der Waals surface area contributed by atoms with Crippen LogP contribution in [-0.4, -0.2) is 13.2 Å². The van der Waals surface area contributed by atoms with E-state index >= 15 is 0 Å². The van der Waals surface area contributed by atoms with Crippen molar-refractivity contribution in [1.29, 1.82) is 0 Å². The van der Waals surface area contributed by atoms with Crippen molar-refractivity contribution in [2.75, 3.05) is 12.4 Å². The Labute approximate surface area is 127 Å². The number of rotatable bonds is 5. The molecule has 0 aromatic heterocycles. The first-order valence-electron chi connectivity index (χ1n) is 7.66. The fourth-order valence-electron chi connectivity index (χ4n) is 3.01. The third-order valence-corrected chi connectivity index (χ3v) is 4.36. The van der Waals surface area contributed by atoms with Gasteiger partial charge in [-0.25, -0.2) is 0 Å². The summed E-state index contributed by atoms with van der Waals surface area (Å²) in [5, 5.41) is 3.66. The highest BCUT2D eigenvalue weighted by atomic mass is 16.5. The van der Waals surface area contributed by atoms with Gasteiger partial charge in [0.05, 0.1) is 6.61 Å². The SMILES string of the molecule is COCc1ccccc1NC1CC(c2ccc(C)cc2)C1. The van der Waals surface area contributed by atoms with Crippen LogP contribution in [0.15, 0.2) is 48.5 Å². The van der Waals surface area contributed by atoms with Crippen LogP contribution < -0.4 is 5.32 Å². The Bertz CT molecular complexity index is 585. The summed E-state index contributed by atoms with van der Waals surface area (Å²) in [6.07, 6.45) is 2.43. The van der Waals surface area contributed by atoms with Crippen LogP contribution in [0.25, 0.3) is 0 Å². The first-order valence-corrected chi connectivity index (χ1v) is 7.66. The molecule has 1 fully saturated rings. The number of para-hydroxylation sites is 1. The molecule has 0 aliphatic heterocycles. The average molecular weight is 281 g/mol. The number of benzene rings is 2. The van der Waals surface area contributed by atoms with Gasteiger partial charge in [-0.15, -0.1) is 0 Å². The Balaban J connectivity index is 1.58. The summed E-state index contributed by atoms with van der Waals surface area (Å²) in [6, 6.07) is 18.0. The lowest BCUT2D eigenvalue weighted by molar-refractivity contribution is 0.185. The monoisotopic (exact) mass is 281 g/mol. The highest BCUT2D eigenvalue weighted by Crippen LogP contribution is 2.38. The summed E-state index contributed by atoms with van der Waals surface area (Å²) in [6.45, 7) is 2.80. The molecule has 1 aliphatic rings. The second kappa shape index (κ2) is 6.31. The molecule has 0 atom stereocenters. The van der Waals surface area contributed by atoms with E-state index in [9.17, 15) is 0 Å². The predicted octanol–water partition coefficient (Wildman–Crippen LogP) is 4.50. The summed E-state index contributed by atoms with van der Waals surface area (Å²) in [5.74, 6) is 0.706. The molecule has 21 heavy (non-hydrogen) atoms. The number of anilines is 1. The van der Waals surface area contributed by atoms with Crippen LogP contribution in [-0.2, 0) is 11.3 Å². The van der Waals surface area contributed by atoms with Gasteiger partial charge in [0.2, 0.25) is 0 Å². The summed E-state index contributed by atoms with van der Waals surface area (Å²) in [7, 11) is 1.74. The molecule has 2 aromatic carbocycles. The molecule has 0 unspecified atom stereocenters. The first kappa shape index (κ1) is 14.2. The molecule has 0 bridgehead atoms. The number of aryl methyl sites for hydroxylation is 1. The zero-order valence-corrected chi connectivity index (χ0v) is 12.8. The molecule has 3 rings (SSSR count). The Morgan fingerprint density at radius 3 is 2.48 bits per heavy atom. The lowest BCUT2D eigenvalue weighted by atomic mass is 9.75. The molecular weight excluding hydrogens is 258 g/mol. The van der Waals surface area contributed by atoms with E-state index in [1.165, 1.54) is 35.2 Å². The molecule has 0 heterocycles. The summed E-state index contributed by atoms with van der Waals surface area (Å²) in [5.41, 5.74) is 5.26. The molecule has 0 spiro atoms. The standard InChI is InChI=1S/C19H23NO/c1-14-7-9-15(10-8-14)17-11-18(12-17)20-19-6-4-3-5-16(19)13-21-2/h3-10,17-18,20H,11-13H2,1-2H3. The lowest BCUT2D eigenvalue weighted by Gasteiger charge is -2.37. The molecule has 0 radical (unpaired) electrons. The van der Waals surface area contributed by atoms with E-state index in [0.29, 0.717) is 18.6 Å². The maximum atomic E-state index is 5.26. The van der Waals surface area contributed by atoms with Crippen molar-refractivity contribution in [3.63, 3.8) is 0 Å². The molecule has 1 N–H and O–H groups in total. The number of hydrogen-bond acceptors (Lipinski definition) is 2. The molecule has 2 aromatic rings. The molecule has 1 aliphatic carbocycles. The van der Waals surface area contributed by atoms with Crippen LogP contribution in [0.3, 0.4) is 0 Å². The van der Waals surface area contributed by atoms with Crippen molar-refractivity contribution < 1.29 is 4.74 Å². The topological polar surface area (TPSA) is 21.3 Å². The first-order chi connectivity index (χ1) is 10.3. The summed E-state index contributed by atoms with van der Waals surface area (Å²) in [4.78, 5) is 0. The van der Waals surface area contributed by atoms with E-state index in [-0.39, 0.29) is 0 Å². The van der Waals surface area contributed by atoms with Gasteiger partial charge >= 0.3 is 0 Å². The summed E-state index contributed by atoms with van der Waals surface area (Å²) >= 11 is 0. The van der Waals surface area contributed by atoms with E-state index in [2.05, 4.69) is 60.8 Å². The number of nitrogens with one attached hydrogen (secondary N) is 1. The molecule has 110 valence electrons. The van der Waals surface area contributed by atoms with Gasteiger partial charge in [0.15, 0.2) is 0 Å². The van der Waals surface area contributed by atoms with Gasteiger partial charge in [0, 0.05) is 24.4 Å². The fraction of sp³-hybridized carbons (Fsp3) is 0.368. The van der Waals surface area contributed by atoms with Crippen LogP contribution in [0, 0.1) is 6.92 Å². The second-order valence-electron chi connectivity index (χ2n) is 6.01. The van der Waals surface area contributed by atoms with Crippen molar-refractivity contribution in [1.82, 2.24) is 0 Å². The van der Waals surface area contributed by atoms with Gasteiger partial charge in [0.1, 0.15) is 0 Å².